The minimum Gasteiger partial charge on any atom is -0.481 e. The zero-order chi connectivity index (χ0) is 19.3. The molecule has 0 bridgehead atoms. The average molecular weight is 354 g/mol. The molecule has 6 nitrogen and oxygen atoms in total. The van der Waals surface area contributed by atoms with E-state index in [-0.39, 0.29) is 6.42 Å². The summed E-state index contributed by atoms with van der Waals surface area (Å²) < 4.78 is 16.7. The lowest BCUT2D eigenvalue weighted by Crippen LogP contribution is -2.39. The summed E-state index contributed by atoms with van der Waals surface area (Å²) in [5.41, 5.74) is -2.70. The van der Waals surface area contributed by atoms with Gasteiger partial charge in [0.05, 0.1) is 6.42 Å². The van der Waals surface area contributed by atoms with E-state index in [0.29, 0.717) is 6.61 Å². The van der Waals surface area contributed by atoms with Crippen LogP contribution in [0.25, 0.3) is 0 Å². The Morgan fingerprint density at radius 2 is 1.96 bits per heavy atom. The number of carboxylic acids is 1. The van der Waals surface area contributed by atoms with Gasteiger partial charge in [-0.2, -0.15) is 0 Å². The second kappa shape index (κ2) is 8.20. The van der Waals surface area contributed by atoms with Crippen LogP contribution in [0.1, 0.15) is 67.2 Å². The molecule has 0 aromatic rings. The number of hydrogen-bond donors (Lipinski definition) is 1. The van der Waals surface area contributed by atoms with Crippen molar-refractivity contribution in [1.29, 1.82) is 0 Å². The van der Waals surface area contributed by atoms with Crippen molar-refractivity contribution < 1.29 is 28.9 Å². The number of cyclic esters (lactones) is 1. The Bertz CT molecular complexity index is 548. The van der Waals surface area contributed by atoms with Crippen LogP contribution in [0.15, 0.2) is 0 Å². The van der Waals surface area contributed by atoms with Gasteiger partial charge in [-0.3, -0.25) is 4.79 Å². The predicted molar refractivity (Wildman–Crippen MR) is 92.7 cm³/mol. The number of aliphatic carboxylic acids is 1. The average Bonchev–Trinajstić information content (AvgIpc) is 2.75. The summed E-state index contributed by atoms with van der Waals surface area (Å²) in [6.07, 6.45) is 0.640. The Kier molecular flexibility index (Phi) is 7.04. The van der Waals surface area contributed by atoms with Crippen molar-refractivity contribution in [1.82, 2.24) is 0 Å². The highest BCUT2D eigenvalue weighted by Crippen LogP contribution is 2.38. The topological polar surface area (TPSA) is 82.1 Å². The zero-order valence-electron chi connectivity index (χ0n) is 16.1. The number of carbonyl (C=O) groups is 2. The van der Waals surface area contributed by atoms with Crippen LogP contribution in [0.2, 0.25) is 0 Å². The summed E-state index contributed by atoms with van der Waals surface area (Å²) in [7, 11) is 0. The van der Waals surface area contributed by atoms with Gasteiger partial charge in [-0.15, -0.1) is 0 Å². The second-order valence-electron chi connectivity index (χ2n) is 7.98. The van der Waals surface area contributed by atoms with E-state index in [1.165, 1.54) is 0 Å². The molecule has 6 heteroatoms. The van der Waals surface area contributed by atoms with Gasteiger partial charge in [-0.1, -0.05) is 46.0 Å². The Morgan fingerprint density at radius 1 is 1.32 bits per heavy atom. The van der Waals surface area contributed by atoms with E-state index >= 15 is 0 Å². The lowest BCUT2D eigenvalue weighted by Gasteiger charge is -2.26. The van der Waals surface area contributed by atoms with Crippen LogP contribution in [0, 0.1) is 17.3 Å². The largest absolute Gasteiger partial charge is 0.481 e. The molecule has 1 aliphatic heterocycles. The maximum Gasteiger partial charge on any atom is 0.342 e. The number of unbranched alkanes of at least 4 members (excludes halogenated alkanes) is 1. The number of esters is 1. The summed E-state index contributed by atoms with van der Waals surface area (Å²) in [5, 5.41) is 9.19. The third-order valence-electron chi connectivity index (χ3n) is 3.79. The van der Waals surface area contributed by atoms with Gasteiger partial charge in [0.25, 0.3) is 0 Å². The van der Waals surface area contributed by atoms with E-state index in [1.807, 2.05) is 34.6 Å². The molecule has 0 spiro atoms. The van der Waals surface area contributed by atoms with Crippen molar-refractivity contribution in [2.24, 2.45) is 5.41 Å². The van der Waals surface area contributed by atoms with E-state index in [0.717, 1.165) is 12.8 Å². The number of rotatable bonds is 7. The predicted octanol–water partition coefficient (Wildman–Crippen LogP) is 3.13. The van der Waals surface area contributed by atoms with Gasteiger partial charge in [0, 0.05) is 18.4 Å². The monoisotopic (exact) mass is 354 g/mol. The summed E-state index contributed by atoms with van der Waals surface area (Å²) in [5.74, 6) is 4.04. The van der Waals surface area contributed by atoms with E-state index in [9.17, 15) is 14.7 Å². The first kappa shape index (κ1) is 21.5. The smallest absolute Gasteiger partial charge is 0.342 e. The summed E-state index contributed by atoms with van der Waals surface area (Å²) in [6, 6.07) is 0. The van der Waals surface area contributed by atoms with Crippen LogP contribution in [0.3, 0.4) is 0 Å². The lowest BCUT2D eigenvalue weighted by atomic mass is 9.94. The van der Waals surface area contributed by atoms with Gasteiger partial charge in [-0.05, 0) is 20.3 Å². The molecular formula is C19H30O6. The molecule has 1 rings (SSSR count). The first-order valence-corrected chi connectivity index (χ1v) is 8.66. The number of hydrogen-bond acceptors (Lipinski definition) is 5. The van der Waals surface area contributed by atoms with E-state index in [4.69, 9.17) is 14.2 Å². The molecule has 0 aliphatic carbocycles. The van der Waals surface area contributed by atoms with Crippen molar-refractivity contribution in [3.05, 3.63) is 0 Å². The highest BCUT2D eigenvalue weighted by atomic mass is 16.8. The fraction of sp³-hybridized carbons (Fsp3) is 0.789. The van der Waals surface area contributed by atoms with Crippen LogP contribution in [0.5, 0.6) is 0 Å². The molecule has 1 N–H and O–H groups in total. The summed E-state index contributed by atoms with van der Waals surface area (Å²) >= 11 is 0. The molecule has 2 atom stereocenters. The molecule has 0 amide bonds. The van der Waals surface area contributed by atoms with Crippen molar-refractivity contribution in [2.75, 3.05) is 6.61 Å². The van der Waals surface area contributed by atoms with Crippen LogP contribution in [-0.4, -0.2) is 41.1 Å². The standard InChI is InChI=1S/C19H30O6/c1-7-8-12-23-18(5,6)10-9-11-19(13-14(20)21)15(22)24-16(25-19)17(2,3)4/h16H,7-8,11-13H2,1-6H3,(H,20,21)/t16-,19+/m0/s1. The van der Waals surface area contributed by atoms with E-state index in [1.54, 1.807) is 0 Å². The van der Waals surface area contributed by atoms with Gasteiger partial charge in [-0.25, -0.2) is 4.79 Å². The third kappa shape index (κ3) is 6.33. The number of carbonyl (C=O) groups excluding carboxylic acids is 1. The maximum absolute atomic E-state index is 12.3. The fourth-order valence-electron chi connectivity index (χ4n) is 2.28. The van der Waals surface area contributed by atoms with Crippen LogP contribution in [-0.2, 0) is 23.8 Å². The number of ether oxygens (including phenoxy) is 3. The van der Waals surface area contributed by atoms with Gasteiger partial charge in [0.15, 0.2) is 5.60 Å². The Labute approximate surface area is 150 Å². The quantitative estimate of drug-likeness (QED) is 0.430. The molecule has 1 fully saturated rings. The molecule has 25 heavy (non-hydrogen) atoms. The third-order valence-corrected chi connectivity index (χ3v) is 3.79. The van der Waals surface area contributed by atoms with Crippen molar-refractivity contribution in [2.45, 2.75) is 84.7 Å². The molecule has 1 saturated heterocycles. The highest BCUT2D eigenvalue weighted by Gasteiger charge is 2.54. The van der Waals surface area contributed by atoms with Gasteiger partial charge in [0.1, 0.15) is 5.60 Å². The van der Waals surface area contributed by atoms with E-state index < -0.39 is 41.3 Å². The van der Waals surface area contributed by atoms with Crippen LogP contribution >= 0.6 is 0 Å². The maximum atomic E-state index is 12.3. The molecule has 142 valence electrons. The lowest BCUT2D eigenvalue weighted by molar-refractivity contribution is -0.159. The first-order chi connectivity index (χ1) is 11.4. The normalized spacial score (nSPS) is 23.8. The van der Waals surface area contributed by atoms with Crippen LogP contribution in [0.4, 0.5) is 0 Å². The minimum absolute atomic E-state index is 0.0503. The fourth-order valence-corrected chi connectivity index (χ4v) is 2.28. The molecule has 0 saturated carbocycles. The molecule has 0 unspecified atom stereocenters. The molecule has 0 aromatic heterocycles. The summed E-state index contributed by atoms with van der Waals surface area (Å²) in [6.45, 7) is 11.9. The molecule has 0 aromatic carbocycles. The molecule has 0 radical (unpaired) electrons. The van der Waals surface area contributed by atoms with Gasteiger partial charge < -0.3 is 19.3 Å². The zero-order valence-corrected chi connectivity index (χ0v) is 16.1. The minimum atomic E-state index is -1.57. The first-order valence-electron chi connectivity index (χ1n) is 8.66. The van der Waals surface area contributed by atoms with Gasteiger partial charge >= 0.3 is 11.9 Å². The van der Waals surface area contributed by atoms with E-state index in [2.05, 4.69) is 18.8 Å². The molecule has 1 heterocycles. The Morgan fingerprint density at radius 3 is 2.44 bits per heavy atom. The number of carboxylic acid groups (broad SMARTS) is 1. The summed E-state index contributed by atoms with van der Waals surface area (Å²) in [4.78, 5) is 23.6. The Hall–Kier alpha value is -1.58. The van der Waals surface area contributed by atoms with Crippen LogP contribution < -0.4 is 0 Å². The second-order valence-corrected chi connectivity index (χ2v) is 7.98. The SMILES string of the molecule is CCCCOC(C)(C)C#CC[C@]1(CC(=O)O)O[C@@H](C(C)(C)C)OC1=O. The highest BCUT2D eigenvalue weighted by molar-refractivity contribution is 5.87. The molecular weight excluding hydrogens is 324 g/mol. The van der Waals surface area contributed by atoms with Crippen molar-refractivity contribution in [3.8, 4) is 11.8 Å². The van der Waals surface area contributed by atoms with Gasteiger partial charge in [0.2, 0.25) is 6.29 Å². The molecule has 1 aliphatic rings. The van der Waals surface area contributed by atoms with Crippen molar-refractivity contribution in [3.63, 3.8) is 0 Å². The van der Waals surface area contributed by atoms with Crippen molar-refractivity contribution >= 4 is 11.9 Å². The Balaban J connectivity index is 2.90.